The van der Waals surface area contributed by atoms with Gasteiger partial charge in [0.25, 0.3) is 5.91 Å². The molecule has 2 aromatic rings. The van der Waals surface area contributed by atoms with E-state index in [0.717, 1.165) is 0 Å². The summed E-state index contributed by atoms with van der Waals surface area (Å²) in [5, 5.41) is 12.5. The van der Waals surface area contributed by atoms with Crippen molar-refractivity contribution in [3.8, 4) is 5.75 Å². The Morgan fingerprint density at radius 2 is 1.84 bits per heavy atom. The lowest BCUT2D eigenvalue weighted by Crippen LogP contribution is -2.13. The molecule has 0 saturated heterocycles. The van der Waals surface area contributed by atoms with E-state index in [-0.39, 0.29) is 17.3 Å². The van der Waals surface area contributed by atoms with Crippen LogP contribution in [-0.4, -0.2) is 11.0 Å². The van der Waals surface area contributed by atoms with Crippen LogP contribution in [0.5, 0.6) is 5.75 Å². The molecule has 0 fully saturated rings. The van der Waals surface area contributed by atoms with Gasteiger partial charge in [-0.1, -0.05) is 23.2 Å². The van der Waals surface area contributed by atoms with Gasteiger partial charge in [-0.25, -0.2) is 0 Å². The number of nitrogen functional groups attached to an aromatic ring is 1. The highest BCUT2D eigenvalue weighted by atomic mass is 35.5. The average molecular weight is 297 g/mol. The van der Waals surface area contributed by atoms with E-state index in [1.165, 1.54) is 24.3 Å². The Balaban J connectivity index is 2.23. The number of carbonyl (C=O) groups is 1. The number of rotatable bonds is 2. The first kappa shape index (κ1) is 13.5. The van der Waals surface area contributed by atoms with Crippen LogP contribution in [0.25, 0.3) is 0 Å². The first-order chi connectivity index (χ1) is 8.97. The lowest BCUT2D eigenvalue weighted by atomic mass is 10.2. The summed E-state index contributed by atoms with van der Waals surface area (Å²) in [6, 6.07) is 8.86. The molecule has 0 unspecified atom stereocenters. The van der Waals surface area contributed by atoms with Gasteiger partial charge in [-0.2, -0.15) is 0 Å². The van der Waals surface area contributed by atoms with E-state index in [4.69, 9.17) is 28.9 Å². The number of carbonyl (C=O) groups excluding carboxylic acids is 1. The fourth-order valence-electron chi connectivity index (χ4n) is 1.50. The maximum absolute atomic E-state index is 12.0. The number of amides is 1. The first-order valence-corrected chi connectivity index (χ1v) is 6.08. The van der Waals surface area contributed by atoms with E-state index in [1.807, 2.05) is 0 Å². The average Bonchev–Trinajstić information content (AvgIpc) is 2.36. The number of hydrogen-bond donors (Lipinski definition) is 3. The molecule has 1 amide bonds. The molecule has 0 aliphatic carbocycles. The van der Waals surface area contributed by atoms with Crippen LogP contribution in [0.2, 0.25) is 10.0 Å². The molecular weight excluding hydrogens is 287 g/mol. The zero-order valence-electron chi connectivity index (χ0n) is 9.65. The molecule has 2 rings (SSSR count). The van der Waals surface area contributed by atoms with Crippen molar-refractivity contribution < 1.29 is 9.90 Å². The summed E-state index contributed by atoms with van der Waals surface area (Å²) in [6.07, 6.45) is 0. The second kappa shape index (κ2) is 5.38. The highest BCUT2D eigenvalue weighted by Gasteiger charge is 2.10. The SMILES string of the molecule is Nc1cc(O)ccc1NC(=O)c1ccc(Cl)c(Cl)c1. The second-order valence-corrected chi connectivity index (χ2v) is 4.67. The van der Waals surface area contributed by atoms with E-state index >= 15 is 0 Å². The number of nitrogens with two attached hydrogens (primary N) is 1. The predicted octanol–water partition coefficient (Wildman–Crippen LogP) is 3.53. The van der Waals surface area contributed by atoms with E-state index < -0.39 is 0 Å². The lowest BCUT2D eigenvalue weighted by molar-refractivity contribution is 0.102. The highest BCUT2D eigenvalue weighted by molar-refractivity contribution is 6.42. The number of aromatic hydroxyl groups is 1. The molecule has 0 heterocycles. The Hall–Kier alpha value is -1.91. The van der Waals surface area contributed by atoms with E-state index in [1.54, 1.807) is 12.1 Å². The monoisotopic (exact) mass is 296 g/mol. The van der Waals surface area contributed by atoms with Gasteiger partial charge in [-0.3, -0.25) is 4.79 Å². The molecule has 0 bridgehead atoms. The second-order valence-electron chi connectivity index (χ2n) is 3.85. The minimum Gasteiger partial charge on any atom is -0.508 e. The van der Waals surface area contributed by atoms with Crippen LogP contribution in [0.4, 0.5) is 11.4 Å². The van der Waals surface area contributed by atoms with Crippen molar-refractivity contribution in [2.45, 2.75) is 0 Å². The molecule has 0 aliphatic rings. The molecule has 2 aromatic carbocycles. The van der Waals surface area contributed by atoms with Gasteiger partial charge in [0.05, 0.1) is 21.4 Å². The molecule has 19 heavy (non-hydrogen) atoms. The topological polar surface area (TPSA) is 75.3 Å². The Morgan fingerprint density at radius 1 is 1.11 bits per heavy atom. The number of phenols is 1. The zero-order chi connectivity index (χ0) is 14.0. The third kappa shape index (κ3) is 3.10. The highest BCUT2D eigenvalue weighted by Crippen LogP contribution is 2.25. The van der Waals surface area contributed by atoms with E-state index in [0.29, 0.717) is 21.3 Å². The van der Waals surface area contributed by atoms with Gasteiger partial charge >= 0.3 is 0 Å². The maximum atomic E-state index is 12.0. The van der Waals surface area contributed by atoms with E-state index in [2.05, 4.69) is 5.32 Å². The minimum atomic E-state index is -0.365. The lowest BCUT2D eigenvalue weighted by Gasteiger charge is -2.09. The summed E-state index contributed by atoms with van der Waals surface area (Å²) >= 11 is 11.6. The van der Waals surface area contributed by atoms with Crippen LogP contribution in [0.3, 0.4) is 0 Å². The van der Waals surface area contributed by atoms with Crippen LogP contribution < -0.4 is 11.1 Å². The summed E-state index contributed by atoms with van der Waals surface area (Å²) < 4.78 is 0. The summed E-state index contributed by atoms with van der Waals surface area (Å²) in [6.45, 7) is 0. The molecule has 0 atom stereocenters. The standard InChI is InChI=1S/C13H10Cl2N2O2/c14-9-3-1-7(5-10(9)15)13(19)17-12-4-2-8(18)6-11(12)16/h1-6,18H,16H2,(H,17,19). The third-order valence-corrected chi connectivity index (χ3v) is 3.20. The quantitative estimate of drug-likeness (QED) is 0.586. The minimum absolute atomic E-state index is 0.0324. The Labute approximate surface area is 119 Å². The number of nitrogens with one attached hydrogen (secondary N) is 1. The molecule has 0 spiro atoms. The van der Waals surface area contributed by atoms with Crippen LogP contribution >= 0.6 is 23.2 Å². The number of anilines is 2. The molecular formula is C13H10Cl2N2O2. The van der Waals surface area contributed by atoms with Gasteiger partial charge in [0.15, 0.2) is 0 Å². The smallest absolute Gasteiger partial charge is 0.255 e. The van der Waals surface area contributed by atoms with Gasteiger partial charge < -0.3 is 16.2 Å². The van der Waals surface area contributed by atoms with Crippen molar-refractivity contribution in [1.82, 2.24) is 0 Å². The van der Waals surface area contributed by atoms with E-state index in [9.17, 15) is 9.90 Å². The molecule has 4 N–H and O–H groups in total. The molecule has 4 nitrogen and oxygen atoms in total. The van der Waals surface area contributed by atoms with Crippen molar-refractivity contribution in [3.63, 3.8) is 0 Å². The number of phenolic OH excluding ortho intramolecular Hbond substituents is 1. The summed E-state index contributed by atoms with van der Waals surface area (Å²) in [7, 11) is 0. The van der Waals surface area contributed by atoms with Gasteiger partial charge in [0, 0.05) is 11.6 Å². The summed E-state index contributed by atoms with van der Waals surface area (Å²) in [4.78, 5) is 12.0. The molecule has 0 aliphatic heterocycles. The van der Waals surface area contributed by atoms with Crippen LogP contribution in [0.1, 0.15) is 10.4 Å². The normalized spacial score (nSPS) is 10.2. The van der Waals surface area contributed by atoms with Crippen LogP contribution in [0.15, 0.2) is 36.4 Å². The fourth-order valence-corrected chi connectivity index (χ4v) is 1.79. The number of benzene rings is 2. The van der Waals surface area contributed by atoms with Crippen molar-refractivity contribution in [2.75, 3.05) is 11.1 Å². The van der Waals surface area contributed by atoms with Gasteiger partial charge in [-0.15, -0.1) is 0 Å². The molecule has 98 valence electrons. The Bertz CT molecular complexity index is 645. The maximum Gasteiger partial charge on any atom is 0.255 e. The zero-order valence-corrected chi connectivity index (χ0v) is 11.2. The number of halogens is 2. The van der Waals surface area contributed by atoms with Crippen molar-refractivity contribution >= 4 is 40.5 Å². The van der Waals surface area contributed by atoms with Crippen LogP contribution in [0, 0.1) is 0 Å². The molecule has 0 radical (unpaired) electrons. The van der Waals surface area contributed by atoms with Crippen molar-refractivity contribution in [1.29, 1.82) is 0 Å². The van der Waals surface area contributed by atoms with Gasteiger partial charge in [0.1, 0.15) is 5.75 Å². The van der Waals surface area contributed by atoms with Crippen molar-refractivity contribution in [3.05, 3.63) is 52.0 Å². The van der Waals surface area contributed by atoms with Crippen LogP contribution in [-0.2, 0) is 0 Å². The molecule has 0 aromatic heterocycles. The Kier molecular flexibility index (Phi) is 3.83. The first-order valence-electron chi connectivity index (χ1n) is 5.32. The number of hydrogen-bond acceptors (Lipinski definition) is 3. The molecule has 0 saturated carbocycles. The van der Waals surface area contributed by atoms with Gasteiger partial charge in [-0.05, 0) is 30.3 Å². The largest absolute Gasteiger partial charge is 0.508 e. The summed E-state index contributed by atoms with van der Waals surface area (Å²) in [5.74, 6) is -0.332. The van der Waals surface area contributed by atoms with Gasteiger partial charge in [0.2, 0.25) is 0 Å². The van der Waals surface area contributed by atoms with Crippen molar-refractivity contribution in [2.24, 2.45) is 0 Å². The molecule has 6 heteroatoms. The predicted molar refractivity (Wildman–Crippen MR) is 76.9 cm³/mol. The third-order valence-electron chi connectivity index (χ3n) is 2.47. The Morgan fingerprint density at radius 3 is 2.47 bits per heavy atom. The summed E-state index contributed by atoms with van der Waals surface area (Å²) in [5.41, 5.74) is 6.73. The fraction of sp³-hybridized carbons (Fsp3) is 0.